The zero-order valence-electron chi connectivity index (χ0n) is 11.1. The Morgan fingerprint density at radius 1 is 1.17 bits per heavy atom. The maximum Gasteiger partial charge on any atom is 0.331 e. The van der Waals surface area contributed by atoms with Gasteiger partial charge in [-0.25, -0.2) is 4.79 Å². The molecule has 2 aromatic heterocycles. The summed E-state index contributed by atoms with van der Waals surface area (Å²) in [6.07, 6.45) is 2.79. The smallest absolute Gasteiger partial charge is 0.331 e. The molecule has 5 heteroatoms. The molecule has 0 bridgehead atoms. The van der Waals surface area contributed by atoms with Gasteiger partial charge in [0, 0.05) is 32.5 Å². The Labute approximate surface area is 104 Å². The minimum atomic E-state index is -0.258. The van der Waals surface area contributed by atoms with Crippen LogP contribution in [0.4, 0.5) is 0 Å². The molecule has 0 fully saturated rings. The second-order valence-electron chi connectivity index (χ2n) is 6.01. The lowest BCUT2D eigenvalue weighted by Crippen LogP contribution is -2.36. The van der Waals surface area contributed by atoms with Crippen molar-refractivity contribution in [3.05, 3.63) is 32.7 Å². The summed E-state index contributed by atoms with van der Waals surface area (Å²) in [5, 5.41) is 0.644. The van der Waals surface area contributed by atoms with E-state index in [-0.39, 0.29) is 16.7 Å². The van der Waals surface area contributed by atoms with Crippen molar-refractivity contribution in [1.82, 2.24) is 13.7 Å². The fourth-order valence-electron chi connectivity index (χ4n) is 3.00. The second kappa shape index (κ2) is 3.16. The molecule has 0 atom stereocenters. The summed E-state index contributed by atoms with van der Waals surface area (Å²) in [7, 11) is 3.26. The molecule has 0 aromatic carbocycles. The van der Waals surface area contributed by atoms with Crippen molar-refractivity contribution >= 4 is 10.9 Å². The maximum absolute atomic E-state index is 12.1. The number of hydrogen-bond acceptors (Lipinski definition) is 2. The highest BCUT2D eigenvalue weighted by Gasteiger charge is 2.31. The van der Waals surface area contributed by atoms with Gasteiger partial charge in [0.15, 0.2) is 0 Å². The number of rotatable bonds is 0. The van der Waals surface area contributed by atoms with Crippen LogP contribution in [0.3, 0.4) is 0 Å². The van der Waals surface area contributed by atoms with Crippen molar-refractivity contribution in [2.45, 2.75) is 26.8 Å². The summed E-state index contributed by atoms with van der Waals surface area (Å²) in [4.78, 5) is 24.1. The first-order chi connectivity index (χ1) is 8.32. The van der Waals surface area contributed by atoms with Crippen LogP contribution >= 0.6 is 0 Å². The van der Waals surface area contributed by atoms with Crippen molar-refractivity contribution in [2.75, 3.05) is 0 Å². The Hall–Kier alpha value is -1.78. The van der Waals surface area contributed by atoms with E-state index in [1.54, 1.807) is 11.6 Å². The molecule has 0 aliphatic carbocycles. The van der Waals surface area contributed by atoms with Gasteiger partial charge in [0.05, 0.1) is 10.9 Å². The average molecular weight is 247 g/mol. The molecule has 3 heterocycles. The highest BCUT2D eigenvalue weighted by molar-refractivity contribution is 5.81. The molecule has 1 aliphatic heterocycles. The summed E-state index contributed by atoms with van der Waals surface area (Å²) < 4.78 is 4.87. The van der Waals surface area contributed by atoms with Crippen LogP contribution in [0.2, 0.25) is 0 Å². The summed E-state index contributed by atoms with van der Waals surface area (Å²) >= 11 is 0. The first-order valence-corrected chi connectivity index (χ1v) is 6.09. The van der Waals surface area contributed by atoms with Gasteiger partial charge >= 0.3 is 5.69 Å². The third-order valence-corrected chi connectivity index (χ3v) is 3.85. The van der Waals surface area contributed by atoms with Gasteiger partial charge in [-0.1, -0.05) is 13.8 Å². The molecule has 0 saturated carbocycles. The largest absolute Gasteiger partial charge is 0.348 e. The Morgan fingerprint density at radius 2 is 1.83 bits per heavy atom. The van der Waals surface area contributed by atoms with Gasteiger partial charge in [-0.05, 0) is 11.8 Å². The van der Waals surface area contributed by atoms with Gasteiger partial charge in [0.2, 0.25) is 0 Å². The number of hydrogen-bond donors (Lipinski definition) is 0. The lowest BCUT2D eigenvalue weighted by molar-refractivity contribution is 0.359. The Bertz CT molecular complexity index is 774. The van der Waals surface area contributed by atoms with Gasteiger partial charge in [0.1, 0.15) is 0 Å². The summed E-state index contributed by atoms with van der Waals surface area (Å²) in [5.41, 5.74) is 1.64. The minimum Gasteiger partial charge on any atom is -0.348 e. The first-order valence-electron chi connectivity index (χ1n) is 6.09. The van der Waals surface area contributed by atoms with E-state index < -0.39 is 0 Å². The van der Waals surface area contributed by atoms with Gasteiger partial charge < -0.3 is 4.57 Å². The van der Waals surface area contributed by atoms with Crippen LogP contribution in [-0.4, -0.2) is 13.7 Å². The van der Waals surface area contributed by atoms with Crippen molar-refractivity contribution in [3.63, 3.8) is 0 Å². The van der Waals surface area contributed by atoms with Crippen LogP contribution < -0.4 is 11.2 Å². The number of aromatic nitrogens is 3. The van der Waals surface area contributed by atoms with Gasteiger partial charge in [-0.3, -0.25) is 13.9 Å². The second-order valence-corrected chi connectivity index (χ2v) is 6.01. The summed E-state index contributed by atoms with van der Waals surface area (Å²) in [6.45, 7) is 5.30. The molecule has 0 radical (unpaired) electrons. The van der Waals surface area contributed by atoms with Crippen molar-refractivity contribution in [1.29, 1.82) is 0 Å². The van der Waals surface area contributed by atoms with E-state index >= 15 is 0 Å². The van der Waals surface area contributed by atoms with Crippen LogP contribution in [0.25, 0.3) is 10.9 Å². The molecule has 96 valence electrons. The molecule has 2 aromatic rings. The van der Waals surface area contributed by atoms with Crippen molar-refractivity contribution in [2.24, 2.45) is 19.5 Å². The van der Waals surface area contributed by atoms with Crippen LogP contribution in [0.15, 0.2) is 15.8 Å². The monoisotopic (exact) mass is 247 g/mol. The van der Waals surface area contributed by atoms with Crippen LogP contribution in [0.1, 0.15) is 19.5 Å². The normalized spacial score (nSPS) is 17.3. The van der Waals surface area contributed by atoms with E-state index in [2.05, 4.69) is 18.4 Å². The molecule has 0 N–H and O–H groups in total. The third-order valence-electron chi connectivity index (χ3n) is 3.85. The van der Waals surface area contributed by atoms with Crippen LogP contribution in [0.5, 0.6) is 0 Å². The average Bonchev–Trinajstić information content (AvgIpc) is 2.75. The van der Waals surface area contributed by atoms with Crippen molar-refractivity contribution < 1.29 is 0 Å². The van der Waals surface area contributed by atoms with Crippen LogP contribution in [0, 0.1) is 5.41 Å². The predicted molar refractivity (Wildman–Crippen MR) is 69.9 cm³/mol. The fourth-order valence-corrected chi connectivity index (χ4v) is 3.00. The lowest BCUT2D eigenvalue weighted by Gasteiger charge is -2.15. The molecule has 0 unspecified atom stereocenters. The molecule has 18 heavy (non-hydrogen) atoms. The van der Waals surface area contributed by atoms with Gasteiger partial charge in [-0.2, -0.15) is 0 Å². The van der Waals surface area contributed by atoms with E-state index in [0.717, 1.165) is 24.2 Å². The fraction of sp³-hybridized carbons (Fsp3) is 0.538. The minimum absolute atomic E-state index is 0.195. The standard InChI is InChI=1S/C13H17N3O2/c1-13(2)5-9-10-8(6-16(9)7-13)11(17)15(4)12(18)14(10)3/h6H,5,7H2,1-4H3. The SMILES string of the molecule is Cn1c(=O)c2cn3c(c2n(C)c1=O)CC(C)(C)C3. The van der Waals surface area contributed by atoms with E-state index in [4.69, 9.17) is 0 Å². The van der Waals surface area contributed by atoms with E-state index in [0.29, 0.717) is 5.39 Å². The lowest BCUT2D eigenvalue weighted by atomic mass is 9.91. The Balaban J connectivity index is 2.47. The van der Waals surface area contributed by atoms with Gasteiger partial charge in [0.25, 0.3) is 5.56 Å². The van der Waals surface area contributed by atoms with E-state index in [1.165, 1.54) is 11.6 Å². The number of aryl methyl sites for hydroxylation is 1. The molecular formula is C13H17N3O2. The quantitative estimate of drug-likeness (QED) is 0.685. The number of fused-ring (bicyclic) bond motifs is 3. The molecule has 0 amide bonds. The summed E-state index contributed by atoms with van der Waals surface area (Å²) in [5.74, 6) is 0. The summed E-state index contributed by atoms with van der Waals surface area (Å²) in [6, 6.07) is 0. The highest BCUT2D eigenvalue weighted by atomic mass is 16.2. The molecule has 0 saturated heterocycles. The van der Waals surface area contributed by atoms with Gasteiger partial charge in [-0.15, -0.1) is 0 Å². The topological polar surface area (TPSA) is 48.9 Å². The van der Waals surface area contributed by atoms with E-state index in [1.807, 2.05) is 6.20 Å². The Morgan fingerprint density at radius 3 is 2.50 bits per heavy atom. The molecule has 1 aliphatic rings. The van der Waals surface area contributed by atoms with Crippen molar-refractivity contribution in [3.8, 4) is 0 Å². The highest BCUT2D eigenvalue weighted by Crippen LogP contribution is 2.35. The maximum atomic E-state index is 12.1. The third kappa shape index (κ3) is 1.27. The zero-order valence-corrected chi connectivity index (χ0v) is 11.1. The van der Waals surface area contributed by atoms with Crippen LogP contribution in [-0.2, 0) is 27.1 Å². The Kier molecular flexibility index (Phi) is 1.99. The first kappa shape index (κ1) is 11.3. The zero-order chi connectivity index (χ0) is 13.2. The van der Waals surface area contributed by atoms with E-state index in [9.17, 15) is 9.59 Å². The predicted octanol–water partition coefficient (Wildman–Crippen LogP) is 0.621. The molecule has 3 rings (SSSR count). The molecule has 5 nitrogen and oxygen atoms in total. The molecular weight excluding hydrogens is 230 g/mol. The molecule has 0 spiro atoms. The number of nitrogens with zero attached hydrogens (tertiary/aromatic N) is 3.